The first-order valence-electron chi connectivity index (χ1n) is 3.20. The molecule has 0 saturated carbocycles. The van der Waals surface area contributed by atoms with E-state index in [2.05, 4.69) is 4.74 Å². The normalized spacial score (nSPS) is 11.2. The molecule has 0 bridgehead atoms. The van der Waals surface area contributed by atoms with Gasteiger partial charge in [-0.3, -0.25) is 0 Å². The number of rotatable bonds is 3. The van der Waals surface area contributed by atoms with Crippen LogP contribution in [0.25, 0.3) is 0 Å². The van der Waals surface area contributed by atoms with E-state index in [1.54, 1.807) is 0 Å². The third kappa shape index (κ3) is 3.95. The smallest absolute Gasteiger partial charge is 0.450 e. The summed E-state index contributed by atoms with van der Waals surface area (Å²) in [5.74, 6) is 0. The lowest BCUT2D eigenvalue weighted by atomic mass is 10.2. The number of hydrogen-bond donors (Lipinski definition) is 1. The van der Waals surface area contributed by atoms with Crippen molar-refractivity contribution in [3.8, 4) is 0 Å². The SMILES string of the molecule is CC=C(CC)COC(=O)O. The van der Waals surface area contributed by atoms with E-state index in [0.29, 0.717) is 0 Å². The maximum atomic E-state index is 9.89. The van der Waals surface area contributed by atoms with Gasteiger partial charge in [-0.2, -0.15) is 0 Å². The zero-order valence-electron chi connectivity index (χ0n) is 6.26. The molecule has 0 fully saturated rings. The third-order valence-corrected chi connectivity index (χ3v) is 1.24. The predicted octanol–water partition coefficient (Wildman–Crippen LogP) is 2.04. The van der Waals surface area contributed by atoms with Crippen LogP contribution in [0, 0.1) is 0 Å². The first-order chi connectivity index (χ1) is 4.70. The lowest BCUT2D eigenvalue weighted by Gasteiger charge is -2.01. The van der Waals surface area contributed by atoms with Gasteiger partial charge in [0.05, 0.1) is 0 Å². The predicted molar refractivity (Wildman–Crippen MR) is 38.0 cm³/mol. The first kappa shape index (κ1) is 9.01. The minimum absolute atomic E-state index is 0.197. The van der Waals surface area contributed by atoms with Gasteiger partial charge in [-0.15, -0.1) is 0 Å². The molecule has 0 aliphatic carbocycles. The Balaban J connectivity index is 3.56. The van der Waals surface area contributed by atoms with E-state index < -0.39 is 6.16 Å². The summed E-state index contributed by atoms with van der Waals surface area (Å²) in [7, 11) is 0. The van der Waals surface area contributed by atoms with Gasteiger partial charge >= 0.3 is 6.16 Å². The molecule has 0 radical (unpaired) electrons. The van der Waals surface area contributed by atoms with Crippen LogP contribution in [0.3, 0.4) is 0 Å². The number of carboxylic acid groups (broad SMARTS) is 1. The summed E-state index contributed by atoms with van der Waals surface area (Å²) < 4.78 is 4.33. The minimum atomic E-state index is -1.22. The molecule has 0 aromatic heterocycles. The van der Waals surface area contributed by atoms with Gasteiger partial charge in [-0.1, -0.05) is 13.0 Å². The molecule has 3 nitrogen and oxygen atoms in total. The Hall–Kier alpha value is -0.990. The fourth-order valence-corrected chi connectivity index (χ4v) is 0.544. The molecule has 0 atom stereocenters. The van der Waals surface area contributed by atoms with E-state index >= 15 is 0 Å². The second-order valence-corrected chi connectivity index (χ2v) is 1.86. The standard InChI is InChI=1S/C7H12O3/c1-3-6(4-2)5-10-7(8)9/h3H,4-5H2,1-2H3,(H,8,9). The molecule has 0 unspecified atom stereocenters. The van der Waals surface area contributed by atoms with E-state index in [1.165, 1.54) is 0 Å². The van der Waals surface area contributed by atoms with Crippen molar-refractivity contribution < 1.29 is 14.6 Å². The molecule has 10 heavy (non-hydrogen) atoms. The van der Waals surface area contributed by atoms with Gasteiger partial charge in [0, 0.05) is 0 Å². The van der Waals surface area contributed by atoms with Crippen LogP contribution in [0.15, 0.2) is 11.6 Å². The molecule has 1 N–H and O–H groups in total. The summed E-state index contributed by atoms with van der Waals surface area (Å²) in [5.41, 5.74) is 1.00. The molecule has 58 valence electrons. The number of carbonyl (C=O) groups is 1. The highest BCUT2D eigenvalue weighted by Crippen LogP contribution is 1.99. The molecule has 0 saturated heterocycles. The number of ether oxygens (including phenoxy) is 1. The van der Waals surface area contributed by atoms with E-state index in [0.717, 1.165) is 12.0 Å². The molecule has 0 heterocycles. The highest BCUT2D eigenvalue weighted by Gasteiger charge is 1.97. The summed E-state index contributed by atoms with van der Waals surface area (Å²) in [6.07, 6.45) is 1.49. The van der Waals surface area contributed by atoms with E-state index in [9.17, 15) is 4.79 Å². The van der Waals surface area contributed by atoms with Crippen molar-refractivity contribution in [2.24, 2.45) is 0 Å². The largest absolute Gasteiger partial charge is 0.506 e. The highest BCUT2D eigenvalue weighted by molar-refractivity contribution is 5.57. The highest BCUT2D eigenvalue weighted by atomic mass is 16.7. The summed E-state index contributed by atoms with van der Waals surface area (Å²) in [5, 5.41) is 8.10. The Bertz CT molecular complexity index is 138. The average Bonchev–Trinajstić information content (AvgIpc) is 1.90. The Morgan fingerprint density at radius 3 is 2.60 bits per heavy atom. The van der Waals surface area contributed by atoms with Crippen molar-refractivity contribution in [1.29, 1.82) is 0 Å². The zero-order chi connectivity index (χ0) is 7.98. The van der Waals surface area contributed by atoms with Crippen LogP contribution in [0.2, 0.25) is 0 Å². The molecule has 0 spiro atoms. The molecule has 0 aromatic rings. The van der Waals surface area contributed by atoms with Crippen molar-refractivity contribution in [1.82, 2.24) is 0 Å². The van der Waals surface area contributed by atoms with Gasteiger partial charge in [0.1, 0.15) is 6.61 Å². The van der Waals surface area contributed by atoms with Crippen LogP contribution in [0.1, 0.15) is 20.3 Å². The van der Waals surface area contributed by atoms with E-state index in [-0.39, 0.29) is 6.61 Å². The fraction of sp³-hybridized carbons (Fsp3) is 0.571. The van der Waals surface area contributed by atoms with Gasteiger partial charge < -0.3 is 9.84 Å². The van der Waals surface area contributed by atoms with Crippen molar-refractivity contribution in [3.63, 3.8) is 0 Å². The molecular weight excluding hydrogens is 132 g/mol. The summed E-state index contributed by atoms with van der Waals surface area (Å²) in [4.78, 5) is 9.89. The van der Waals surface area contributed by atoms with Crippen LogP contribution in [-0.4, -0.2) is 17.9 Å². The van der Waals surface area contributed by atoms with Gasteiger partial charge in [-0.25, -0.2) is 4.79 Å². The third-order valence-electron chi connectivity index (χ3n) is 1.24. The Morgan fingerprint density at radius 2 is 2.30 bits per heavy atom. The summed E-state index contributed by atoms with van der Waals surface area (Å²) in [6, 6.07) is 0. The maximum absolute atomic E-state index is 9.89. The molecule has 0 aliphatic heterocycles. The van der Waals surface area contributed by atoms with E-state index in [4.69, 9.17) is 5.11 Å². The molecule has 0 aromatic carbocycles. The number of hydrogen-bond acceptors (Lipinski definition) is 2. The Morgan fingerprint density at radius 1 is 1.70 bits per heavy atom. The van der Waals surface area contributed by atoms with Crippen molar-refractivity contribution >= 4 is 6.16 Å². The average molecular weight is 144 g/mol. The molecule has 3 heteroatoms. The topological polar surface area (TPSA) is 46.5 Å². The first-order valence-corrected chi connectivity index (χ1v) is 3.20. The van der Waals surface area contributed by atoms with Gasteiger partial charge in [-0.05, 0) is 18.9 Å². The van der Waals surface area contributed by atoms with Crippen LogP contribution in [-0.2, 0) is 4.74 Å². The summed E-state index contributed by atoms with van der Waals surface area (Å²) in [6.45, 7) is 4.02. The van der Waals surface area contributed by atoms with E-state index in [1.807, 2.05) is 19.9 Å². The van der Waals surface area contributed by atoms with Crippen molar-refractivity contribution in [2.75, 3.05) is 6.61 Å². The molecular formula is C7H12O3. The second kappa shape index (κ2) is 4.85. The Kier molecular flexibility index (Phi) is 4.37. The lowest BCUT2D eigenvalue weighted by molar-refractivity contribution is 0.0991. The molecule has 0 amide bonds. The second-order valence-electron chi connectivity index (χ2n) is 1.86. The zero-order valence-corrected chi connectivity index (χ0v) is 6.26. The van der Waals surface area contributed by atoms with Crippen LogP contribution in [0.4, 0.5) is 4.79 Å². The quantitative estimate of drug-likeness (QED) is 0.487. The Labute approximate surface area is 60.3 Å². The molecule has 0 aliphatic rings. The fourth-order valence-electron chi connectivity index (χ4n) is 0.544. The van der Waals surface area contributed by atoms with Crippen LogP contribution < -0.4 is 0 Å². The van der Waals surface area contributed by atoms with Gasteiger partial charge in [0.25, 0.3) is 0 Å². The monoisotopic (exact) mass is 144 g/mol. The lowest BCUT2D eigenvalue weighted by Crippen LogP contribution is -2.03. The van der Waals surface area contributed by atoms with Gasteiger partial charge in [0.2, 0.25) is 0 Å². The van der Waals surface area contributed by atoms with Crippen LogP contribution in [0.5, 0.6) is 0 Å². The molecule has 0 rings (SSSR count). The number of allylic oxidation sites excluding steroid dienone is 1. The van der Waals surface area contributed by atoms with Crippen molar-refractivity contribution in [3.05, 3.63) is 11.6 Å². The van der Waals surface area contributed by atoms with Crippen LogP contribution >= 0.6 is 0 Å². The maximum Gasteiger partial charge on any atom is 0.506 e. The van der Waals surface area contributed by atoms with Crippen molar-refractivity contribution in [2.45, 2.75) is 20.3 Å². The minimum Gasteiger partial charge on any atom is -0.450 e. The van der Waals surface area contributed by atoms with Gasteiger partial charge in [0.15, 0.2) is 0 Å². The summed E-state index contributed by atoms with van der Waals surface area (Å²) >= 11 is 0.